The first kappa shape index (κ1) is 10.4. The molecule has 0 bridgehead atoms. The van der Waals surface area contributed by atoms with Crippen molar-refractivity contribution in [3.63, 3.8) is 0 Å². The largest absolute Gasteiger partial charge is 0.573 e. The molecule has 0 radical (unpaired) electrons. The van der Waals surface area contributed by atoms with Gasteiger partial charge in [-0.25, -0.2) is 9.37 Å². The topological polar surface area (TPSA) is 39.2 Å². The van der Waals surface area contributed by atoms with Gasteiger partial charge in [0.2, 0.25) is 0 Å². The zero-order valence-electron chi connectivity index (χ0n) is 6.51. The van der Waals surface area contributed by atoms with E-state index < -0.39 is 17.9 Å². The maximum atomic E-state index is 12.7. The van der Waals surface area contributed by atoms with E-state index in [9.17, 15) is 22.4 Å². The monoisotopic (exact) mass is 209 g/mol. The van der Waals surface area contributed by atoms with Crippen molar-refractivity contribution >= 4 is 6.29 Å². The SMILES string of the molecule is O=Cc1cc(F)c(OC(F)(F)F)cn1. The summed E-state index contributed by atoms with van der Waals surface area (Å²) in [5, 5.41) is 0. The van der Waals surface area contributed by atoms with Crippen molar-refractivity contribution in [2.45, 2.75) is 6.36 Å². The lowest BCUT2D eigenvalue weighted by Crippen LogP contribution is -2.18. The van der Waals surface area contributed by atoms with E-state index in [2.05, 4.69) is 9.72 Å². The van der Waals surface area contributed by atoms with Crippen LogP contribution >= 0.6 is 0 Å². The predicted octanol–water partition coefficient (Wildman–Crippen LogP) is 1.93. The number of halogens is 4. The Hall–Kier alpha value is -1.66. The van der Waals surface area contributed by atoms with Crippen LogP contribution < -0.4 is 4.74 Å². The highest BCUT2D eigenvalue weighted by molar-refractivity contribution is 5.71. The Bertz CT molecular complexity index is 350. The van der Waals surface area contributed by atoms with E-state index >= 15 is 0 Å². The van der Waals surface area contributed by atoms with Gasteiger partial charge in [0.15, 0.2) is 17.9 Å². The molecule has 0 spiro atoms. The van der Waals surface area contributed by atoms with E-state index in [4.69, 9.17) is 0 Å². The molecule has 0 saturated heterocycles. The molecule has 0 amide bonds. The van der Waals surface area contributed by atoms with Gasteiger partial charge in [-0.1, -0.05) is 0 Å². The number of alkyl halides is 3. The lowest BCUT2D eigenvalue weighted by atomic mass is 10.3. The molecule has 0 fully saturated rings. The fraction of sp³-hybridized carbons (Fsp3) is 0.143. The van der Waals surface area contributed by atoms with E-state index in [-0.39, 0.29) is 12.0 Å². The molecule has 0 aliphatic carbocycles. The summed E-state index contributed by atoms with van der Waals surface area (Å²) in [7, 11) is 0. The molecular weight excluding hydrogens is 206 g/mol. The molecule has 1 aromatic heterocycles. The summed E-state index contributed by atoms with van der Waals surface area (Å²) in [6, 6.07) is 0.550. The van der Waals surface area contributed by atoms with Gasteiger partial charge in [-0.3, -0.25) is 4.79 Å². The van der Waals surface area contributed by atoms with Crippen molar-refractivity contribution in [2.75, 3.05) is 0 Å². The molecule has 1 aromatic rings. The number of carbonyl (C=O) groups is 1. The average molecular weight is 209 g/mol. The summed E-state index contributed by atoms with van der Waals surface area (Å²) in [5.41, 5.74) is -0.308. The van der Waals surface area contributed by atoms with Crippen molar-refractivity contribution in [3.05, 3.63) is 23.8 Å². The van der Waals surface area contributed by atoms with E-state index in [0.29, 0.717) is 12.3 Å². The van der Waals surface area contributed by atoms with Gasteiger partial charge in [0, 0.05) is 6.07 Å². The van der Waals surface area contributed by atoms with Crippen LogP contribution in [-0.2, 0) is 0 Å². The van der Waals surface area contributed by atoms with E-state index in [0.717, 1.165) is 0 Å². The van der Waals surface area contributed by atoms with Crippen molar-refractivity contribution in [1.82, 2.24) is 4.98 Å². The zero-order valence-corrected chi connectivity index (χ0v) is 6.51. The number of carbonyl (C=O) groups excluding carboxylic acids is 1. The van der Waals surface area contributed by atoms with Crippen LogP contribution in [0.15, 0.2) is 12.3 Å². The number of pyridine rings is 1. The Morgan fingerprint density at radius 3 is 2.50 bits per heavy atom. The van der Waals surface area contributed by atoms with Crippen LogP contribution in [0.1, 0.15) is 10.5 Å². The molecule has 76 valence electrons. The molecule has 0 saturated carbocycles. The molecule has 0 atom stereocenters. The summed E-state index contributed by atoms with van der Waals surface area (Å²) in [5.74, 6) is -2.36. The molecule has 0 aromatic carbocycles. The first-order valence-electron chi connectivity index (χ1n) is 3.29. The molecule has 1 heterocycles. The fourth-order valence-electron chi connectivity index (χ4n) is 0.697. The van der Waals surface area contributed by atoms with Crippen LogP contribution in [0, 0.1) is 5.82 Å². The van der Waals surface area contributed by atoms with Gasteiger partial charge in [0.05, 0.1) is 6.20 Å². The van der Waals surface area contributed by atoms with Gasteiger partial charge in [-0.05, 0) is 0 Å². The van der Waals surface area contributed by atoms with Crippen LogP contribution in [0.25, 0.3) is 0 Å². The molecule has 3 nitrogen and oxygen atoms in total. The molecule has 14 heavy (non-hydrogen) atoms. The summed E-state index contributed by atoms with van der Waals surface area (Å²) in [6.07, 6.45) is -4.28. The Labute approximate surface area is 75.3 Å². The minimum atomic E-state index is -4.98. The minimum absolute atomic E-state index is 0.209. The predicted molar refractivity (Wildman–Crippen MR) is 36.3 cm³/mol. The highest BCUT2D eigenvalue weighted by atomic mass is 19.4. The highest BCUT2D eigenvalue weighted by Crippen LogP contribution is 2.24. The van der Waals surface area contributed by atoms with Crippen LogP contribution in [0.3, 0.4) is 0 Å². The second kappa shape index (κ2) is 3.60. The van der Waals surface area contributed by atoms with Crippen LogP contribution in [-0.4, -0.2) is 17.6 Å². The molecule has 7 heteroatoms. The highest BCUT2D eigenvalue weighted by Gasteiger charge is 2.32. The number of ether oxygens (including phenoxy) is 1. The van der Waals surface area contributed by atoms with Crippen LogP contribution in [0.5, 0.6) is 5.75 Å². The average Bonchev–Trinajstić information content (AvgIpc) is 2.06. The lowest BCUT2D eigenvalue weighted by Gasteiger charge is -2.08. The standard InChI is InChI=1S/C7H3F4NO2/c8-5-1-4(3-13)12-2-6(5)14-7(9,10)11/h1-3H. The summed E-state index contributed by atoms with van der Waals surface area (Å²) in [4.78, 5) is 13.3. The summed E-state index contributed by atoms with van der Waals surface area (Å²) < 4.78 is 50.9. The molecule has 1 rings (SSSR count). The van der Waals surface area contributed by atoms with Crippen molar-refractivity contribution in [2.24, 2.45) is 0 Å². The number of rotatable bonds is 2. The number of hydrogen-bond donors (Lipinski definition) is 0. The Morgan fingerprint density at radius 1 is 1.43 bits per heavy atom. The van der Waals surface area contributed by atoms with E-state index in [1.54, 1.807) is 0 Å². The third-order valence-corrected chi connectivity index (χ3v) is 1.19. The second-order valence-electron chi connectivity index (χ2n) is 2.21. The van der Waals surface area contributed by atoms with Gasteiger partial charge in [-0.15, -0.1) is 13.2 Å². The summed E-state index contributed by atoms with van der Waals surface area (Å²) >= 11 is 0. The van der Waals surface area contributed by atoms with Gasteiger partial charge in [0.1, 0.15) is 5.69 Å². The van der Waals surface area contributed by atoms with Gasteiger partial charge < -0.3 is 4.74 Å². The maximum Gasteiger partial charge on any atom is 0.573 e. The van der Waals surface area contributed by atoms with Crippen molar-refractivity contribution in [1.29, 1.82) is 0 Å². The normalized spacial score (nSPS) is 11.1. The Morgan fingerprint density at radius 2 is 2.07 bits per heavy atom. The fourth-order valence-corrected chi connectivity index (χ4v) is 0.697. The quantitative estimate of drug-likeness (QED) is 0.551. The third kappa shape index (κ3) is 2.68. The lowest BCUT2D eigenvalue weighted by molar-refractivity contribution is -0.275. The van der Waals surface area contributed by atoms with Crippen molar-refractivity contribution in [3.8, 4) is 5.75 Å². The molecule has 0 aliphatic heterocycles. The summed E-state index contributed by atoms with van der Waals surface area (Å²) in [6.45, 7) is 0. The number of aldehydes is 1. The molecule has 0 N–H and O–H groups in total. The smallest absolute Gasteiger partial charge is 0.401 e. The Kier molecular flexibility index (Phi) is 2.68. The van der Waals surface area contributed by atoms with E-state index in [1.807, 2.05) is 0 Å². The molecular formula is C7H3F4NO2. The first-order valence-corrected chi connectivity index (χ1v) is 3.29. The minimum Gasteiger partial charge on any atom is -0.401 e. The van der Waals surface area contributed by atoms with Gasteiger partial charge in [0.25, 0.3) is 0 Å². The maximum absolute atomic E-state index is 12.7. The number of hydrogen-bond acceptors (Lipinski definition) is 3. The van der Waals surface area contributed by atoms with Crippen molar-refractivity contribution < 1.29 is 27.1 Å². The van der Waals surface area contributed by atoms with Gasteiger partial charge >= 0.3 is 6.36 Å². The Balaban J connectivity index is 2.95. The van der Waals surface area contributed by atoms with Gasteiger partial charge in [-0.2, -0.15) is 0 Å². The van der Waals surface area contributed by atoms with Crippen LogP contribution in [0.2, 0.25) is 0 Å². The molecule has 0 unspecified atom stereocenters. The third-order valence-electron chi connectivity index (χ3n) is 1.19. The van der Waals surface area contributed by atoms with E-state index in [1.165, 1.54) is 0 Å². The number of nitrogens with zero attached hydrogens (tertiary/aromatic N) is 1. The molecule has 0 aliphatic rings. The zero-order chi connectivity index (χ0) is 10.8. The second-order valence-corrected chi connectivity index (χ2v) is 2.21. The van der Waals surface area contributed by atoms with Crippen LogP contribution in [0.4, 0.5) is 17.6 Å². The first-order chi connectivity index (χ1) is 6.42. The number of aromatic nitrogens is 1.